The summed E-state index contributed by atoms with van der Waals surface area (Å²) in [5, 5.41) is 9.71. The molecule has 2 aliphatic heterocycles. The minimum Gasteiger partial charge on any atom is -0.477 e. The quantitative estimate of drug-likeness (QED) is 0.486. The molecule has 1 amide bonds. The van der Waals surface area contributed by atoms with Crippen molar-refractivity contribution < 1.29 is 28.2 Å². The van der Waals surface area contributed by atoms with Crippen molar-refractivity contribution in [2.24, 2.45) is 11.8 Å². The summed E-state index contributed by atoms with van der Waals surface area (Å²) < 4.78 is 41.0. The number of hydrogen-bond donors (Lipinski definition) is 1. The Morgan fingerprint density at radius 1 is 1.08 bits per heavy atom. The molecule has 0 atom stereocenters. The number of halogens is 2. The van der Waals surface area contributed by atoms with Crippen LogP contribution in [0.2, 0.25) is 0 Å². The van der Waals surface area contributed by atoms with Gasteiger partial charge in [0.05, 0.1) is 37.0 Å². The van der Waals surface area contributed by atoms with Crippen LogP contribution in [0.4, 0.5) is 14.7 Å². The number of likely N-dealkylation sites (tertiary alicyclic amines) is 1. The van der Waals surface area contributed by atoms with Crippen LogP contribution in [0.25, 0.3) is 16.9 Å². The van der Waals surface area contributed by atoms with Crippen molar-refractivity contribution >= 4 is 22.9 Å². The van der Waals surface area contributed by atoms with E-state index in [0.717, 1.165) is 12.8 Å². The molecule has 2 aromatic heterocycles. The molecule has 10 nitrogen and oxygen atoms in total. The van der Waals surface area contributed by atoms with Crippen LogP contribution in [-0.4, -0.2) is 87.5 Å². The van der Waals surface area contributed by atoms with E-state index in [9.17, 15) is 18.7 Å². The number of ether oxygens (including phenoxy) is 2. The highest BCUT2D eigenvalue weighted by Gasteiger charge is 2.36. The van der Waals surface area contributed by atoms with E-state index in [1.165, 1.54) is 4.57 Å². The number of nitrogens with zero attached hydrogens (tertiary/aromatic N) is 6. The first-order valence-electron chi connectivity index (χ1n) is 13.5. The SMILES string of the molecule is O=C(C1CCC(O)CC1)N1CC(COc2cc(-n3c(C(F)F)nc4ccccc43)nc(N3CCOCC3)n2)C1. The van der Waals surface area contributed by atoms with Crippen LogP contribution in [0.5, 0.6) is 5.88 Å². The highest BCUT2D eigenvalue weighted by molar-refractivity contribution is 5.80. The maximum atomic E-state index is 14.0. The molecule has 6 rings (SSSR count). The van der Waals surface area contributed by atoms with Crippen molar-refractivity contribution in [3.8, 4) is 11.7 Å². The van der Waals surface area contributed by atoms with Gasteiger partial charge in [-0.2, -0.15) is 9.97 Å². The van der Waals surface area contributed by atoms with Crippen molar-refractivity contribution in [3.05, 3.63) is 36.2 Å². The van der Waals surface area contributed by atoms with E-state index in [-0.39, 0.29) is 35.5 Å². The van der Waals surface area contributed by atoms with Crippen LogP contribution in [0.15, 0.2) is 30.3 Å². The molecule has 1 aliphatic carbocycles. The molecule has 1 N–H and O–H groups in total. The number of rotatable bonds is 7. The number of anilines is 1. The number of hydrogen-bond acceptors (Lipinski definition) is 8. The predicted octanol–water partition coefficient (Wildman–Crippen LogP) is 2.98. The van der Waals surface area contributed by atoms with E-state index < -0.39 is 12.2 Å². The molecule has 3 fully saturated rings. The summed E-state index contributed by atoms with van der Waals surface area (Å²) in [6.45, 7) is 3.75. The van der Waals surface area contributed by atoms with E-state index in [1.54, 1.807) is 30.3 Å². The fraction of sp³-hybridized carbons (Fsp3) is 0.556. The Labute approximate surface area is 224 Å². The van der Waals surface area contributed by atoms with Gasteiger partial charge in [-0.15, -0.1) is 0 Å². The van der Waals surface area contributed by atoms with Gasteiger partial charge in [0.25, 0.3) is 6.43 Å². The average molecular weight is 543 g/mol. The first-order chi connectivity index (χ1) is 19.0. The van der Waals surface area contributed by atoms with E-state index in [1.807, 2.05) is 9.80 Å². The molecular formula is C27H32F2N6O4. The number of amides is 1. The third-order valence-corrected chi connectivity index (χ3v) is 7.76. The van der Waals surface area contributed by atoms with Gasteiger partial charge in [0, 0.05) is 44.1 Å². The van der Waals surface area contributed by atoms with Gasteiger partial charge >= 0.3 is 0 Å². The van der Waals surface area contributed by atoms with Crippen LogP contribution in [0, 0.1) is 11.8 Å². The third-order valence-electron chi connectivity index (χ3n) is 7.76. The molecule has 12 heteroatoms. The molecule has 0 spiro atoms. The Bertz CT molecular complexity index is 1320. The normalized spacial score (nSPS) is 22.4. The van der Waals surface area contributed by atoms with Gasteiger partial charge in [-0.3, -0.25) is 9.36 Å². The van der Waals surface area contributed by atoms with Crippen molar-refractivity contribution in [3.63, 3.8) is 0 Å². The highest BCUT2D eigenvalue weighted by atomic mass is 19.3. The summed E-state index contributed by atoms with van der Waals surface area (Å²) in [4.78, 5) is 30.0. The number of aliphatic hydroxyl groups is 1. The number of aromatic nitrogens is 4. The summed E-state index contributed by atoms with van der Waals surface area (Å²) >= 11 is 0. The largest absolute Gasteiger partial charge is 0.477 e. The van der Waals surface area contributed by atoms with Crippen molar-refractivity contribution in [1.29, 1.82) is 0 Å². The summed E-state index contributed by atoms with van der Waals surface area (Å²) in [5.74, 6) is 0.833. The number of para-hydroxylation sites is 2. The lowest BCUT2D eigenvalue weighted by Crippen LogP contribution is -2.54. The predicted molar refractivity (Wildman–Crippen MR) is 138 cm³/mol. The first kappa shape index (κ1) is 25.9. The smallest absolute Gasteiger partial charge is 0.296 e. The fourth-order valence-corrected chi connectivity index (χ4v) is 5.57. The van der Waals surface area contributed by atoms with Gasteiger partial charge in [0.2, 0.25) is 17.7 Å². The molecule has 0 unspecified atom stereocenters. The van der Waals surface area contributed by atoms with Gasteiger partial charge in [-0.1, -0.05) is 12.1 Å². The van der Waals surface area contributed by atoms with E-state index >= 15 is 0 Å². The van der Waals surface area contributed by atoms with Gasteiger partial charge in [0.15, 0.2) is 5.82 Å². The van der Waals surface area contributed by atoms with Gasteiger partial charge < -0.3 is 24.4 Å². The number of benzene rings is 1. The molecule has 3 aromatic rings. The molecule has 0 radical (unpaired) electrons. The lowest BCUT2D eigenvalue weighted by molar-refractivity contribution is -0.144. The van der Waals surface area contributed by atoms with Crippen molar-refractivity contribution in [1.82, 2.24) is 24.4 Å². The summed E-state index contributed by atoms with van der Waals surface area (Å²) in [6, 6.07) is 8.53. The Hall–Kier alpha value is -3.38. The fourth-order valence-electron chi connectivity index (χ4n) is 5.57. The molecule has 208 valence electrons. The van der Waals surface area contributed by atoms with E-state index in [4.69, 9.17) is 9.47 Å². The molecule has 0 bridgehead atoms. The first-order valence-corrected chi connectivity index (χ1v) is 13.5. The van der Waals surface area contributed by atoms with Gasteiger partial charge in [-0.25, -0.2) is 13.8 Å². The topological polar surface area (TPSA) is 106 Å². The van der Waals surface area contributed by atoms with Crippen molar-refractivity contribution in [2.75, 3.05) is 50.9 Å². The summed E-state index contributed by atoms with van der Waals surface area (Å²) in [6.07, 6.45) is -0.265. The number of alkyl halides is 2. The van der Waals surface area contributed by atoms with Crippen LogP contribution in [0.1, 0.15) is 37.9 Å². The molecular weight excluding hydrogens is 510 g/mol. The molecule has 3 aliphatic rings. The molecule has 4 heterocycles. The van der Waals surface area contributed by atoms with E-state index in [0.29, 0.717) is 75.8 Å². The Kier molecular flexibility index (Phi) is 7.30. The Morgan fingerprint density at radius 2 is 1.82 bits per heavy atom. The lowest BCUT2D eigenvalue weighted by Gasteiger charge is -2.41. The third kappa shape index (κ3) is 5.40. The minimum absolute atomic E-state index is 0.00944. The second-order valence-corrected chi connectivity index (χ2v) is 10.5. The Morgan fingerprint density at radius 3 is 2.56 bits per heavy atom. The number of carbonyl (C=O) groups excluding carboxylic acids is 1. The number of carbonyl (C=O) groups is 1. The van der Waals surface area contributed by atoms with Crippen LogP contribution >= 0.6 is 0 Å². The van der Waals surface area contributed by atoms with E-state index in [2.05, 4.69) is 15.0 Å². The van der Waals surface area contributed by atoms with Crippen LogP contribution in [-0.2, 0) is 9.53 Å². The zero-order valence-corrected chi connectivity index (χ0v) is 21.6. The number of imidazole rings is 1. The van der Waals surface area contributed by atoms with Gasteiger partial charge in [-0.05, 0) is 37.8 Å². The van der Waals surface area contributed by atoms with Crippen molar-refractivity contribution in [2.45, 2.75) is 38.2 Å². The second-order valence-electron chi connectivity index (χ2n) is 10.5. The maximum absolute atomic E-state index is 14.0. The summed E-state index contributed by atoms with van der Waals surface area (Å²) in [7, 11) is 0. The van der Waals surface area contributed by atoms with Gasteiger partial charge in [0.1, 0.15) is 5.82 Å². The molecule has 39 heavy (non-hydrogen) atoms. The number of morpholine rings is 1. The average Bonchev–Trinajstić information content (AvgIpc) is 3.33. The lowest BCUT2D eigenvalue weighted by atomic mass is 9.85. The zero-order valence-electron chi connectivity index (χ0n) is 21.6. The Balaban J connectivity index is 1.21. The van der Waals surface area contributed by atoms with Crippen LogP contribution < -0.4 is 9.64 Å². The monoisotopic (exact) mass is 542 g/mol. The number of aliphatic hydroxyl groups excluding tert-OH is 1. The number of fused-ring (bicyclic) bond motifs is 1. The standard InChI is InChI=1S/C27H32F2N6O4/c28-24(29)25-30-20-3-1-2-4-21(20)35(25)22-13-23(32-27(31-22)33-9-11-38-12-10-33)39-16-17-14-34(15-17)26(37)18-5-7-19(36)8-6-18/h1-4,13,17-19,24,36H,5-12,14-16H2. The highest BCUT2D eigenvalue weighted by Crippen LogP contribution is 2.31. The summed E-state index contributed by atoms with van der Waals surface area (Å²) in [5.41, 5.74) is 0.974. The molecule has 1 aromatic carbocycles. The zero-order chi connectivity index (χ0) is 26.9. The molecule has 2 saturated heterocycles. The minimum atomic E-state index is -2.80. The second kappa shape index (κ2) is 11.0. The molecule has 1 saturated carbocycles. The maximum Gasteiger partial charge on any atom is 0.296 e. The van der Waals surface area contributed by atoms with Crippen LogP contribution in [0.3, 0.4) is 0 Å².